The topological polar surface area (TPSA) is 45.2 Å². The van der Waals surface area contributed by atoms with E-state index in [1.54, 1.807) is 11.3 Å². The molecule has 1 amide bonds. The van der Waals surface area contributed by atoms with E-state index in [9.17, 15) is 4.79 Å². The molecular formula is C11H16ClN3OS. The molecule has 0 radical (unpaired) electrons. The third-order valence-electron chi connectivity index (χ3n) is 2.94. The molecule has 1 aromatic rings. The van der Waals surface area contributed by atoms with E-state index in [1.807, 2.05) is 5.51 Å². The lowest BCUT2D eigenvalue weighted by molar-refractivity contribution is -0.119. The first-order valence-electron chi connectivity index (χ1n) is 5.72. The van der Waals surface area contributed by atoms with Crippen LogP contribution in [-0.2, 0) is 11.3 Å². The minimum absolute atomic E-state index is 0.0546. The second-order valence-corrected chi connectivity index (χ2v) is 5.22. The van der Waals surface area contributed by atoms with Gasteiger partial charge < -0.3 is 5.32 Å². The van der Waals surface area contributed by atoms with Crippen molar-refractivity contribution in [1.29, 1.82) is 0 Å². The van der Waals surface area contributed by atoms with E-state index in [0.717, 1.165) is 38.2 Å². The maximum Gasteiger partial charge on any atom is 0.235 e. The summed E-state index contributed by atoms with van der Waals surface area (Å²) in [6.07, 6.45) is 1.99. The van der Waals surface area contributed by atoms with Crippen LogP contribution in [0.5, 0.6) is 0 Å². The van der Waals surface area contributed by atoms with Gasteiger partial charge in [0.05, 0.1) is 11.2 Å². The number of rotatable bonds is 4. The molecule has 0 aliphatic carbocycles. The molecule has 2 heterocycles. The van der Waals surface area contributed by atoms with Crippen LogP contribution in [0.15, 0.2) is 10.9 Å². The summed E-state index contributed by atoms with van der Waals surface area (Å²) in [5.41, 5.74) is 3.00. The first kappa shape index (κ1) is 12.8. The summed E-state index contributed by atoms with van der Waals surface area (Å²) in [7, 11) is 0. The summed E-state index contributed by atoms with van der Waals surface area (Å²) in [6.45, 7) is 2.93. The van der Waals surface area contributed by atoms with E-state index in [0.29, 0.717) is 0 Å². The Kier molecular flexibility index (Phi) is 4.76. The molecule has 94 valence electrons. The Morgan fingerprint density at radius 1 is 1.59 bits per heavy atom. The van der Waals surface area contributed by atoms with Crippen molar-refractivity contribution < 1.29 is 4.79 Å². The number of thiazole rings is 1. The number of hydrogen-bond donors (Lipinski definition) is 1. The molecule has 1 saturated heterocycles. The molecule has 0 saturated carbocycles. The fourth-order valence-corrected chi connectivity index (χ4v) is 2.67. The number of nitrogens with one attached hydrogen (secondary N) is 1. The average Bonchev–Trinajstić information content (AvgIpc) is 2.84. The summed E-state index contributed by atoms with van der Waals surface area (Å²) < 4.78 is 0. The molecule has 1 aromatic heterocycles. The van der Waals surface area contributed by atoms with Crippen LogP contribution in [0, 0.1) is 0 Å². The molecule has 0 spiro atoms. The summed E-state index contributed by atoms with van der Waals surface area (Å²) in [6, 6.07) is 0.285. The quantitative estimate of drug-likeness (QED) is 0.845. The van der Waals surface area contributed by atoms with Gasteiger partial charge in [-0.15, -0.1) is 22.9 Å². The Morgan fingerprint density at radius 3 is 2.94 bits per heavy atom. The lowest BCUT2D eigenvalue weighted by Crippen LogP contribution is -2.44. The molecule has 6 heteroatoms. The predicted molar refractivity (Wildman–Crippen MR) is 69.3 cm³/mol. The number of hydrogen-bond acceptors (Lipinski definition) is 4. The highest BCUT2D eigenvalue weighted by atomic mass is 35.5. The Bertz CT molecular complexity index is 350. The van der Waals surface area contributed by atoms with Crippen LogP contribution in [0.2, 0.25) is 0 Å². The van der Waals surface area contributed by atoms with Crippen molar-refractivity contribution in [3.8, 4) is 0 Å². The van der Waals surface area contributed by atoms with Crippen LogP contribution in [0.1, 0.15) is 18.5 Å². The Labute approximate surface area is 110 Å². The van der Waals surface area contributed by atoms with Crippen LogP contribution >= 0.6 is 22.9 Å². The molecular weight excluding hydrogens is 258 g/mol. The van der Waals surface area contributed by atoms with Crippen molar-refractivity contribution >= 4 is 28.8 Å². The first-order valence-corrected chi connectivity index (χ1v) is 7.20. The van der Waals surface area contributed by atoms with Gasteiger partial charge in [0.25, 0.3) is 0 Å². The highest BCUT2D eigenvalue weighted by molar-refractivity contribution is 7.07. The van der Waals surface area contributed by atoms with Crippen LogP contribution in [0.25, 0.3) is 0 Å². The summed E-state index contributed by atoms with van der Waals surface area (Å²) in [5, 5.41) is 5.02. The van der Waals surface area contributed by atoms with Crippen molar-refractivity contribution in [3.63, 3.8) is 0 Å². The number of nitrogens with zero attached hydrogens (tertiary/aromatic N) is 2. The summed E-state index contributed by atoms with van der Waals surface area (Å²) >= 11 is 7.10. The molecule has 0 atom stereocenters. The van der Waals surface area contributed by atoms with Crippen molar-refractivity contribution in [2.45, 2.75) is 25.4 Å². The number of piperidine rings is 1. The maximum absolute atomic E-state index is 11.2. The number of carbonyl (C=O) groups is 1. The zero-order chi connectivity index (χ0) is 12.1. The molecule has 1 aliphatic rings. The Balaban J connectivity index is 1.72. The molecule has 1 N–H and O–H groups in total. The van der Waals surface area contributed by atoms with Gasteiger partial charge in [-0.05, 0) is 12.8 Å². The molecule has 4 nitrogen and oxygen atoms in total. The van der Waals surface area contributed by atoms with Gasteiger partial charge in [0.1, 0.15) is 5.88 Å². The minimum Gasteiger partial charge on any atom is -0.352 e. The van der Waals surface area contributed by atoms with E-state index in [1.165, 1.54) is 0 Å². The number of aromatic nitrogens is 1. The SMILES string of the molecule is O=C(CCl)NC1CCN(Cc2cscn2)CC1. The van der Waals surface area contributed by atoms with Crippen molar-refractivity contribution in [3.05, 3.63) is 16.6 Å². The molecule has 0 unspecified atom stereocenters. The number of carbonyl (C=O) groups excluding carboxylic acids is 1. The van der Waals surface area contributed by atoms with Gasteiger partial charge in [-0.3, -0.25) is 9.69 Å². The lowest BCUT2D eigenvalue weighted by Gasteiger charge is -2.31. The fourth-order valence-electron chi connectivity index (χ4n) is 2.05. The molecule has 17 heavy (non-hydrogen) atoms. The van der Waals surface area contributed by atoms with Gasteiger partial charge in [-0.2, -0.15) is 0 Å². The van der Waals surface area contributed by atoms with Gasteiger partial charge in [0, 0.05) is 31.1 Å². The molecule has 1 fully saturated rings. The molecule has 0 aromatic carbocycles. The van der Waals surface area contributed by atoms with Crippen LogP contribution in [-0.4, -0.2) is 40.8 Å². The smallest absolute Gasteiger partial charge is 0.235 e. The van der Waals surface area contributed by atoms with Crippen LogP contribution < -0.4 is 5.32 Å². The van der Waals surface area contributed by atoms with Crippen LogP contribution in [0.3, 0.4) is 0 Å². The number of alkyl halides is 1. The number of amides is 1. The van der Waals surface area contributed by atoms with Gasteiger partial charge in [0.2, 0.25) is 5.91 Å². The first-order chi connectivity index (χ1) is 8.28. The van der Waals surface area contributed by atoms with E-state index >= 15 is 0 Å². The van der Waals surface area contributed by atoms with E-state index in [2.05, 4.69) is 20.6 Å². The Morgan fingerprint density at radius 2 is 2.35 bits per heavy atom. The van der Waals surface area contributed by atoms with Gasteiger partial charge >= 0.3 is 0 Å². The zero-order valence-electron chi connectivity index (χ0n) is 9.56. The van der Waals surface area contributed by atoms with Gasteiger partial charge in [-0.1, -0.05) is 0 Å². The second-order valence-electron chi connectivity index (χ2n) is 4.23. The monoisotopic (exact) mass is 273 g/mol. The fraction of sp³-hybridized carbons (Fsp3) is 0.636. The zero-order valence-corrected chi connectivity index (χ0v) is 11.1. The second kappa shape index (κ2) is 6.33. The van der Waals surface area contributed by atoms with E-state index in [4.69, 9.17) is 11.6 Å². The molecule has 2 rings (SSSR count). The van der Waals surface area contributed by atoms with Crippen molar-refractivity contribution in [2.75, 3.05) is 19.0 Å². The largest absolute Gasteiger partial charge is 0.352 e. The number of likely N-dealkylation sites (tertiary alicyclic amines) is 1. The molecule has 0 bridgehead atoms. The standard InChI is InChI=1S/C11H16ClN3OS/c12-5-11(16)14-9-1-3-15(4-2-9)6-10-7-17-8-13-10/h7-9H,1-6H2,(H,14,16). The summed E-state index contributed by atoms with van der Waals surface area (Å²) in [5.74, 6) is -0.0106. The van der Waals surface area contributed by atoms with Crippen LogP contribution in [0.4, 0.5) is 0 Å². The third-order valence-corrected chi connectivity index (χ3v) is 3.82. The summed E-state index contributed by atoms with van der Waals surface area (Å²) in [4.78, 5) is 17.8. The average molecular weight is 274 g/mol. The van der Waals surface area contributed by atoms with Crippen molar-refractivity contribution in [1.82, 2.24) is 15.2 Å². The van der Waals surface area contributed by atoms with Crippen molar-refractivity contribution in [2.24, 2.45) is 0 Å². The molecule has 1 aliphatic heterocycles. The maximum atomic E-state index is 11.2. The minimum atomic E-state index is -0.0652. The highest BCUT2D eigenvalue weighted by Crippen LogP contribution is 2.13. The van der Waals surface area contributed by atoms with Gasteiger partial charge in [0.15, 0.2) is 0 Å². The highest BCUT2D eigenvalue weighted by Gasteiger charge is 2.20. The Hall–Kier alpha value is -0.650. The van der Waals surface area contributed by atoms with Gasteiger partial charge in [-0.25, -0.2) is 4.98 Å². The predicted octanol–water partition coefficient (Wildman–Crippen LogP) is 1.46. The normalized spacial score (nSPS) is 18.2. The number of halogens is 1. The lowest BCUT2D eigenvalue weighted by atomic mass is 10.0. The van der Waals surface area contributed by atoms with E-state index in [-0.39, 0.29) is 17.8 Å². The third kappa shape index (κ3) is 3.94. The van der Waals surface area contributed by atoms with E-state index < -0.39 is 0 Å².